The number of aryl methyl sites for hydroxylation is 1. The number of aromatic nitrogens is 1. The second-order valence-electron chi connectivity index (χ2n) is 4.30. The summed E-state index contributed by atoms with van der Waals surface area (Å²) in [4.78, 5) is 4.36. The highest BCUT2D eigenvalue weighted by Crippen LogP contribution is 2.33. The van der Waals surface area contributed by atoms with Crippen molar-refractivity contribution in [3.8, 4) is 0 Å². The van der Waals surface area contributed by atoms with Crippen molar-refractivity contribution in [2.24, 2.45) is 0 Å². The maximum Gasteiger partial charge on any atom is 0.126 e. The Kier molecular flexibility index (Phi) is 2.85. The van der Waals surface area contributed by atoms with E-state index in [0.717, 1.165) is 23.1 Å². The zero-order valence-electron chi connectivity index (χ0n) is 9.36. The van der Waals surface area contributed by atoms with E-state index < -0.39 is 0 Å². The van der Waals surface area contributed by atoms with Crippen molar-refractivity contribution in [2.45, 2.75) is 18.9 Å². The molecule has 0 saturated carbocycles. The van der Waals surface area contributed by atoms with E-state index in [9.17, 15) is 0 Å². The van der Waals surface area contributed by atoms with Gasteiger partial charge in [-0.25, -0.2) is 4.98 Å². The van der Waals surface area contributed by atoms with E-state index in [-0.39, 0.29) is 0 Å². The van der Waals surface area contributed by atoms with Crippen LogP contribution in [-0.2, 0) is 6.42 Å². The Hall–Kier alpha value is -1.35. The van der Waals surface area contributed by atoms with Crippen LogP contribution in [0.4, 0.5) is 5.82 Å². The molecule has 0 radical (unpaired) electrons. The molecular formula is C14H13BrN2. The van der Waals surface area contributed by atoms with Crippen LogP contribution in [0.3, 0.4) is 0 Å². The first kappa shape index (κ1) is 10.8. The Balaban J connectivity index is 1.81. The van der Waals surface area contributed by atoms with Gasteiger partial charge in [-0.2, -0.15) is 0 Å². The fourth-order valence-corrected chi connectivity index (χ4v) is 2.58. The second kappa shape index (κ2) is 4.49. The molecule has 1 aromatic heterocycles. The van der Waals surface area contributed by atoms with E-state index in [1.165, 1.54) is 11.1 Å². The van der Waals surface area contributed by atoms with Crippen molar-refractivity contribution in [1.29, 1.82) is 0 Å². The van der Waals surface area contributed by atoms with E-state index >= 15 is 0 Å². The van der Waals surface area contributed by atoms with Gasteiger partial charge in [0.2, 0.25) is 0 Å². The maximum atomic E-state index is 4.36. The molecule has 86 valence electrons. The van der Waals surface area contributed by atoms with Crippen molar-refractivity contribution in [1.82, 2.24) is 4.98 Å². The third-order valence-corrected chi connectivity index (χ3v) is 3.65. The Labute approximate surface area is 109 Å². The molecule has 2 nitrogen and oxygen atoms in total. The number of halogens is 1. The normalized spacial score (nSPS) is 17.8. The molecule has 3 heteroatoms. The van der Waals surface area contributed by atoms with Gasteiger partial charge in [-0.05, 0) is 52.0 Å². The van der Waals surface area contributed by atoms with Gasteiger partial charge in [0, 0.05) is 10.7 Å². The molecule has 0 fully saturated rings. The molecule has 1 aromatic carbocycles. The summed E-state index contributed by atoms with van der Waals surface area (Å²) in [7, 11) is 0. The monoisotopic (exact) mass is 288 g/mol. The first-order valence-electron chi connectivity index (χ1n) is 5.79. The average molecular weight is 289 g/mol. The number of anilines is 1. The molecule has 3 rings (SSSR count). The van der Waals surface area contributed by atoms with Crippen LogP contribution in [-0.4, -0.2) is 4.98 Å². The molecule has 2 aromatic rings. The minimum Gasteiger partial charge on any atom is -0.363 e. The van der Waals surface area contributed by atoms with Crippen LogP contribution in [0.15, 0.2) is 47.1 Å². The Morgan fingerprint density at radius 3 is 2.88 bits per heavy atom. The van der Waals surface area contributed by atoms with E-state index in [2.05, 4.69) is 50.5 Å². The van der Waals surface area contributed by atoms with Gasteiger partial charge >= 0.3 is 0 Å². The molecule has 0 amide bonds. The van der Waals surface area contributed by atoms with Crippen LogP contribution in [0.5, 0.6) is 0 Å². The van der Waals surface area contributed by atoms with Crippen molar-refractivity contribution in [2.75, 3.05) is 5.32 Å². The summed E-state index contributed by atoms with van der Waals surface area (Å²) in [5.74, 6) is 0.940. The Bertz CT molecular complexity index is 522. The summed E-state index contributed by atoms with van der Waals surface area (Å²) >= 11 is 3.39. The van der Waals surface area contributed by atoms with Gasteiger partial charge in [0.1, 0.15) is 5.82 Å². The lowest BCUT2D eigenvalue weighted by molar-refractivity contribution is 0.757. The minimum atomic E-state index is 0.403. The highest BCUT2D eigenvalue weighted by atomic mass is 79.9. The molecule has 17 heavy (non-hydrogen) atoms. The molecule has 1 atom stereocenters. The van der Waals surface area contributed by atoms with Crippen LogP contribution in [0.2, 0.25) is 0 Å². The summed E-state index contributed by atoms with van der Waals surface area (Å²) < 4.78 is 1.01. The standard InChI is InChI=1S/C14H13BrN2/c15-11-6-8-14(16-9-11)17-13-7-5-10-3-1-2-4-12(10)13/h1-4,6,8-9,13H,5,7H2,(H,16,17)/t13-/m1/s1. The number of fused-ring (bicyclic) bond motifs is 1. The van der Waals surface area contributed by atoms with Gasteiger partial charge in [0.15, 0.2) is 0 Å². The Morgan fingerprint density at radius 2 is 2.06 bits per heavy atom. The van der Waals surface area contributed by atoms with Crippen LogP contribution in [0, 0.1) is 0 Å². The SMILES string of the molecule is Brc1ccc(N[C@@H]2CCc3ccccc32)nc1. The summed E-state index contributed by atoms with van der Waals surface area (Å²) in [6.45, 7) is 0. The van der Waals surface area contributed by atoms with Crippen LogP contribution in [0.25, 0.3) is 0 Å². The van der Waals surface area contributed by atoms with Crippen LogP contribution in [0.1, 0.15) is 23.6 Å². The third-order valence-electron chi connectivity index (χ3n) is 3.18. The first-order chi connectivity index (χ1) is 8.33. The summed E-state index contributed by atoms with van der Waals surface area (Å²) in [6.07, 6.45) is 4.13. The number of nitrogens with one attached hydrogen (secondary N) is 1. The quantitative estimate of drug-likeness (QED) is 0.905. The summed E-state index contributed by atoms with van der Waals surface area (Å²) in [6, 6.07) is 13.1. The molecule has 1 heterocycles. The van der Waals surface area contributed by atoms with E-state index in [0.29, 0.717) is 6.04 Å². The van der Waals surface area contributed by atoms with Gasteiger partial charge in [-0.15, -0.1) is 0 Å². The predicted molar refractivity (Wildman–Crippen MR) is 73.1 cm³/mol. The molecule has 0 aliphatic heterocycles. The molecular weight excluding hydrogens is 276 g/mol. The minimum absolute atomic E-state index is 0.403. The topological polar surface area (TPSA) is 24.9 Å². The number of pyridine rings is 1. The van der Waals surface area contributed by atoms with Crippen LogP contribution >= 0.6 is 15.9 Å². The third kappa shape index (κ3) is 2.20. The van der Waals surface area contributed by atoms with Crippen molar-refractivity contribution in [3.05, 3.63) is 58.2 Å². The lowest BCUT2D eigenvalue weighted by atomic mass is 10.1. The molecule has 1 aliphatic rings. The van der Waals surface area contributed by atoms with E-state index in [1.807, 2.05) is 18.3 Å². The summed E-state index contributed by atoms with van der Waals surface area (Å²) in [5, 5.41) is 3.49. The van der Waals surface area contributed by atoms with Crippen molar-refractivity contribution in [3.63, 3.8) is 0 Å². The van der Waals surface area contributed by atoms with E-state index in [1.54, 1.807) is 0 Å². The molecule has 1 N–H and O–H groups in total. The van der Waals surface area contributed by atoms with Gasteiger partial charge in [-0.1, -0.05) is 24.3 Å². The molecule has 0 unspecified atom stereocenters. The largest absolute Gasteiger partial charge is 0.363 e. The Morgan fingerprint density at radius 1 is 1.18 bits per heavy atom. The lowest BCUT2D eigenvalue weighted by Gasteiger charge is -2.14. The number of rotatable bonds is 2. The fraction of sp³-hybridized carbons (Fsp3) is 0.214. The van der Waals surface area contributed by atoms with Crippen LogP contribution < -0.4 is 5.32 Å². The second-order valence-corrected chi connectivity index (χ2v) is 5.21. The predicted octanol–water partition coefficient (Wildman–Crippen LogP) is 3.94. The zero-order valence-corrected chi connectivity index (χ0v) is 10.9. The average Bonchev–Trinajstić information content (AvgIpc) is 2.76. The van der Waals surface area contributed by atoms with Crippen molar-refractivity contribution < 1.29 is 0 Å². The van der Waals surface area contributed by atoms with Crippen molar-refractivity contribution >= 4 is 21.7 Å². The smallest absolute Gasteiger partial charge is 0.126 e. The van der Waals surface area contributed by atoms with Gasteiger partial charge in [0.25, 0.3) is 0 Å². The molecule has 0 bridgehead atoms. The highest BCUT2D eigenvalue weighted by molar-refractivity contribution is 9.10. The van der Waals surface area contributed by atoms with Gasteiger partial charge < -0.3 is 5.32 Å². The first-order valence-corrected chi connectivity index (χ1v) is 6.58. The van der Waals surface area contributed by atoms with Gasteiger partial charge in [-0.3, -0.25) is 0 Å². The maximum absolute atomic E-state index is 4.36. The highest BCUT2D eigenvalue weighted by Gasteiger charge is 2.21. The number of benzene rings is 1. The van der Waals surface area contributed by atoms with Gasteiger partial charge in [0.05, 0.1) is 6.04 Å². The molecule has 1 aliphatic carbocycles. The fourth-order valence-electron chi connectivity index (χ4n) is 2.35. The van der Waals surface area contributed by atoms with E-state index in [4.69, 9.17) is 0 Å². The lowest BCUT2D eigenvalue weighted by Crippen LogP contribution is -2.07. The zero-order chi connectivity index (χ0) is 11.7. The summed E-state index contributed by atoms with van der Waals surface area (Å²) in [5.41, 5.74) is 2.87. The number of nitrogens with zero attached hydrogens (tertiary/aromatic N) is 1. The number of hydrogen-bond acceptors (Lipinski definition) is 2. The molecule has 0 saturated heterocycles. The molecule has 0 spiro atoms. The number of hydrogen-bond donors (Lipinski definition) is 1.